The van der Waals surface area contributed by atoms with Gasteiger partial charge in [-0.25, -0.2) is 4.79 Å². The van der Waals surface area contributed by atoms with Gasteiger partial charge in [0.2, 0.25) is 0 Å². The van der Waals surface area contributed by atoms with E-state index in [0.717, 1.165) is 10.2 Å². The minimum Gasteiger partial charge on any atom is -1.00 e. The molecule has 0 aliphatic carbocycles. The number of nitrogens with zero attached hydrogens (tertiary/aromatic N) is 1. The van der Waals surface area contributed by atoms with E-state index in [1.54, 1.807) is 19.1 Å². The number of rotatable bonds is 3. The standard InChI is InChI=1S/C12H18NO2.HI/c1-5-15-12(14)10-6-8-11(9-7-10)13(2,3)4;/h6-9H,5H2,1-4H3;1H/q+1;/p-1. The van der Waals surface area contributed by atoms with Crippen LogP contribution in [0, 0.1) is 0 Å². The van der Waals surface area contributed by atoms with Gasteiger partial charge in [0.25, 0.3) is 0 Å². The number of esters is 1. The van der Waals surface area contributed by atoms with Crippen LogP contribution in [0.5, 0.6) is 0 Å². The number of hydrogen-bond donors (Lipinski definition) is 0. The summed E-state index contributed by atoms with van der Waals surface area (Å²) in [5, 5.41) is 0. The lowest BCUT2D eigenvalue weighted by Gasteiger charge is -2.23. The maximum absolute atomic E-state index is 11.4. The number of carbonyl (C=O) groups excluding carboxylic acids is 1. The highest BCUT2D eigenvalue weighted by molar-refractivity contribution is 5.89. The Balaban J connectivity index is 0.00000225. The molecule has 1 aromatic carbocycles. The van der Waals surface area contributed by atoms with E-state index in [2.05, 4.69) is 21.1 Å². The van der Waals surface area contributed by atoms with Crippen molar-refractivity contribution >= 4 is 11.7 Å². The normalized spacial score (nSPS) is 10.5. The third kappa shape index (κ3) is 4.09. The molecule has 0 atom stereocenters. The van der Waals surface area contributed by atoms with Gasteiger partial charge in [0, 0.05) is 0 Å². The van der Waals surface area contributed by atoms with Gasteiger partial charge in [-0.2, -0.15) is 0 Å². The summed E-state index contributed by atoms with van der Waals surface area (Å²) in [7, 11) is 6.25. The molecule has 0 unspecified atom stereocenters. The van der Waals surface area contributed by atoms with Gasteiger partial charge >= 0.3 is 5.97 Å². The molecule has 0 bridgehead atoms. The lowest BCUT2D eigenvalue weighted by molar-refractivity contribution is -0.0000214. The van der Waals surface area contributed by atoms with Crippen molar-refractivity contribution in [3.8, 4) is 0 Å². The molecule has 0 fully saturated rings. The molecule has 0 heterocycles. The molecule has 0 aliphatic rings. The summed E-state index contributed by atoms with van der Waals surface area (Å²) in [6, 6.07) is 7.51. The number of hydrogen-bond acceptors (Lipinski definition) is 2. The second kappa shape index (κ2) is 6.20. The van der Waals surface area contributed by atoms with E-state index in [9.17, 15) is 4.79 Å². The van der Waals surface area contributed by atoms with Gasteiger partial charge in [-0.05, 0) is 31.2 Å². The molecule has 1 aromatic rings. The van der Waals surface area contributed by atoms with Crippen molar-refractivity contribution in [1.29, 1.82) is 0 Å². The summed E-state index contributed by atoms with van der Waals surface area (Å²) in [6.45, 7) is 2.22. The van der Waals surface area contributed by atoms with Gasteiger partial charge in [0.05, 0.1) is 33.3 Å². The molecule has 4 heteroatoms. The van der Waals surface area contributed by atoms with Gasteiger partial charge in [-0.3, -0.25) is 4.48 Å². The average Bonchev–Trinajstić information content (AvgIpc) is 2.17. The summed E-state index contributed by atoms with van der Waals surface area (Å²) in [5.74, 6) is -0.259. The van der Waals surface area contributed by atoms with E-state index < -0.39 is 0 Å². The zero-order chi connectivity index (χ0) is 11.5. The Morgan fingerprint density at radius 2 is 1.69 bits per heavy atom. The van der Waals surface area contributed by atoms with Crippen LogP contribution in [0.1, 0.15) is 17.3 Å². The number of carbonyl (C=O) groups is 1. The molecular weight excluding hydrogens is 317 g/mol. The summed E-state index contributed by atoms with van der Waals surface area (Å²) < 4.78 is 5.65. The summed E-state index contributed by atoms with van der Waals surface area (Å²) >= 11 is 0. The molecule has 0 amide bonds. The second-order valence-corrected chi connectivity index (χ2v) is 4.28. The lowest BCUT2D eigenvalue weighted by atomic mass is 10.2. The SMILES string of the molecule is CCOC(=O)c1ccc([N+](C)(C)C)cc1.[I-]. The van der Waals surface area contributed by atoms with E-state index >= 15 is 0 Å². The van der Waals surface area contributed by atoms with Crippen molar-refractivity contribution < 1.29 is 33.5 Å². The van der Waals surface area contributed by atoms with Crippen LogP contribution in [-0.4, -0.2) is 33.7 Å². The zero-order valence-corrected chi connectivity index (χ0v) is 12.3. The second-order valence-electron chi connectivity index (χ2n) is 4.28. The Bertz CT molecular complexity index is 341. The first-order valence-corrected chi connectivity index (χ1v) is 5.04. The predicted octanol–water partition coefficient (Wildman–Crippen LogP) is -0.936. The predicted molar refractivity (Wildman–Crippen MR) is 62.0 cm³/mol. The van der Waals surface area contributed by atoms with Crippen LogP contribution in [0.15, 0.2) is 24.3 Å². The molecule has 0 radical (unpaired) electrons. The van der Waals surface area contributed by atoms with Crippen LogP contribution in [-0.2, 0) is 4.74 Å². The van der Waals surface area contributed by atoms with Crippen molar-refractivity contribution in [3.63, 3.8) is 0 Å². The number of quaternary nitrogens is 1. The van der Waals surface area contributed by atoms with Gasteiger partial charge < -0.3 is 28.7 Å². The molecule has 0 N–H and O–H groups in total. The van der Waals surface area contributed by atoms with Crippen molar-refractivity contribution in [2.45, 2.75) is 6.92 Å². The minimum atomic E-state index is -0.259. The molecule has 0 saturated carbocycles. The van der Waals surface area contributed by atoms with E-state index in [1.807, 2.05) is 12.1 Å². The first kappa shape index (κ1) is 15.4. The molecule has 16 heavy (non-hydrogen) atoms. The number of halogens is 1. The fourth-order valence-electron chi connectivity index (χ4n) is 1.26. The van der Waals surface area contributed by atoms with Crippen LogP contribution in [0.4, 0.5) is 5.69 Å². The first-order valence-electron chi connectivity index (χ1n) is 5.04. The van der Waals surface area contributed by atoms with E-state index in [1.165, 1.54) is 0 Å². The van der Waals surface area contributed by atoms with E-state index in [-0.39, 0.29) is 29.9 Å². The topological polar surface area (TPSA) is 26.3 Å². The Labute approximate surface area is 114 Å². The van der Waals surface area contributed by atoms with E-state index in [4.69, 9.17) is 4.74 Å². The molecule has 0 spiro atoms. The largest absolute Gasteiger partial charge is 1.00 e. The number of benzene rings is 1. The average molecular weight is 335 g/mol. The highest BCUT2D eigenvalue weighted by Crippen LogP contribution is 2.17. The van der Waals surface area contributed by atoms with Gasteiger partial charge in [0.1, 0.15) is 5.69 Å². The third-order valence-electron chi connectivity index (χ3n) is 2.15. The quantitative estimate of drug-likeness (QED) is 0.405. The van der Waals surface area contributed by atoms with Crippen molar-refractivity contribution in [2.75, 3.05) is 27.7 Å². The van der Waals surface area contributed by atoms with Gasteiger partial charge in [0.15, 0.2) is 0 Å². The van der Waals surface area contributed by atoms with Crippen LogP contribution >= 0.6 is 0 Å². The Morgan fingerprint density at radius 3 is 2.06 bits per heavy atom. The highest BCUT2D eigenvalue weighted by Gasteiger charge is 2.13. The third-order valence-corrected chi connectivity index (χ3v) is 2.15. The van der Waals surface area contributed by atoms with Gasteiger partial charge in [-0.15, -0.1) is 0 Å². The van der Waals surface area contributed by atoms with Crippen molar-refractivity contribution in [2.24, 2.45) is 0 Å². The van der Waals surface area contributed by atoms with Gasteiger partial charge in [-0.1, -0.05) is 0 Å². The van der Waals surface area contributed by atoms with Crippen LogP contribution in [0.2, 0.25) is 0 Å². The molecule has 1 rings (SSSR count). The fraction of sp³-hybridized carbons (Fsp3) is 0.417. The maximum Gasteiger partial charge on any atom is 0.338 e. The van der Waals surface area contributed by atoms with Crippen molar-refractivity contribution in [3.05, 3.63) is 29.8 Å². The molecular formula is C12H18INO2. The Morgan fingerprint density at radius 1 is 1.19 bits per heavy atom. The summed E-state index contributed by atoms with van der Waals surface area (Å²) in [4.78, 5) is 11.4. The minimum absolute atomic E-state index is 0. The maximum atomic E-state index is 11.4. The number of ether oxygens (including phenoxy) is 1. The van der Waals surface area contributed by atoms with Crippen LogP contribution in [0.25, 0.3) is 0 Å². The molecule has 3 nitrogen and oxygen atoms in total. The lowest BCUT2D eigenvalue weighted by Crippen LogP contribution is -3.00. The van der Waals surface area contributed by atoms with Crippen LogP contribution in [0.3, 0.4) is 0 Å². The summed E-state index contributed by atoms with van der Waals surface area (Å²) in [5.41, 5.74) is 1.76. The highest BCUT2D eigenvalue weighted by atomic mass is 127. The smallest absolute Gasteiger partial charge is 0.338 e. The van der Waals surface area contributed by atoms with Crippen LogP contribution < -0.4 is 28.5 Å². The summed E-state index contributed by atoms with van der Waals surface area (Å²) in [6.07, 6.45) is 0. The van der Waals surface area contributed by atoms with Crippen molar-refractivity contribution in [1.82, 2.24) is 4.48 Å². The zero-order valence-electron chi connectivity index (χ0n) is 10.2. The first-order chi connectivity index (χ1) is 6.95. The molecule has 0 aromatic heterocycles. The molecule has 0 saturated heterocycles. The molecule has 90 valence electrons. The van der Waals surface area contributed by atoms with E-state index in [0.29, 0.717) is 12.2 Å². The molecule has 0 aliphatic heterocycles. The monoisotopic (exact) mass is 335 g/mol. The Kier molecular flexibility index (Phi) is 5.96. The fourth-order valence-corrected chi connectivity index (χ4v) is 1.26. The Hall–Kier alpha value is -0.620.